The molecule has 0 radical (unpaired) electrons. The van der Waals surface area contributed by atoms with Gasteiger partial charge in [0, 0.05) is 0 Å². The SMILES string of the molecule is CCOC(=O)[C@@H]1CC2CC1(C(=O)OCC)C2. The van der Waals surface area contributed by atoms with Crippen LogP contribution in [0.1, 0.15) is 33.1 Å². The molecule has 3 aliphatic rings. The zero-order chi connectivity index (χ0) is 11.8. The summed E-state index contributed by atoms with van der Waals surface area (Å²) in [7, 11) is 0. The minimum atomic E-state index is -0.549. The molecule has 4 nitrogen and oxygen atoms in total. The molecule has 0 aromatic carbocycles. The lowest BCUT2D eigenvalue weighted by Crippen LogP contribution is -2.44. The van der Waals surface area contributed by atoms with Crippen LogP contribution in [0.4, 0.5) is 0 Å². The number of rotatable bonds is 4. The third-order valence-corrected chi connectivity index (χ3v) is 3.79. The molecule has 0 saturated heterocycles. The van der Waals surface area contributed by atoms with Crippen LogP contribution in [0.5, 0.6) is 0 Å². The van der Waals surface area contributed by atoms with Gasteiger partial charge in [0.25, 0.3) is 0 Å². The molecule has 0 unspecified atom stereocenters. The molecule has 90 valence electrons. The number of hydrogen-bond donors (Lipinski definition) is 0. The highest BCUT2D eigenvalue weighted by Gasteiger charge is 2.65. The topological polar surface area (TPSA) is 52.6 Å². The van der Waals surface area contributed by atoms with Crippen LogP contribution in [0.2, 0.25) is 0 Å². The van der Waals surface area contributed by atoms with E-state index in [1.54, 1.807) is 13.8 Å². The highest BCUT2D eigenvalue weighted by atomic mass is 16.5. The van der Waals surface area contributed by atoms with Crippen molar-refractivity contribution in [2.75, 3.05) is 13.2 Å². The first-order chi connectivity index (χ1) is 7.64. The number of fused-ring (bicyclic) bond motifs is 1. The van der Waals surface area contributed by atoms with Crippen LogP contribution in [0.15, 0.2) is 0 Å². The van der Waals surface area contributed by atoms with Gasteiger partial charge >= 0.3 is 11.9 Å². The molecule has 3 aliphatic carbocycles. The lowest BCUT2D eigenvalue weighted by Gasteiger charge is -2.37. The van der Waals surface area contributed by atoms with Gasteiger partial charge in [-0.05, 0) is 39.0 Å². The Morgan fingerprint density at radius 3 is 2.38 bits per heavy atom. The molecule has 1 atom stereocenters. The molecule has 0 N–H and O–H groups in total. The second kappa shape index (κ2) is 4.07. The minimum Gasteiger partial charge on any atom is -0.466 e. The Bertz CT molecular complexity index is 301. The molecule has 0 spiro atoms. The number of ether oxygens (including phenoxy) is 2. The summed E-state index contributed by atoms with van der Waals surface area (Å²) in [6, 6.07) is 0. The second-order valence-corrected chi connectivity index (χ2v) is 4.69. The van der Waals surface area contributed by atoms with E-state index in [4.69, 9.17) is 9.47 Å². The normalized spacial score (nSPS) is 35.4. The molecule has 2 bridgehead atoms. The molecule has 0 aromatic heterocycles. The third-order valence-electron chi connectivity index (χ3n) is 3.79. The molecular formula is C12H18O4. The molecule has 0 aliphatic heterocycles. The van der Waals surface area contributed by atoms with E-state index in [0.29, 0.717) is 19.1 Å². The van der Waals surface area contributed by atoms with Crippen LogP contribution >= 0.6 is 0 Å². The zero-order valence-corrected chi connectivity index (χ0v) is 9.82. The van der Waals surface area contributed by atoms with Crippen molar-refractivity contribution in [3.05, 3.63) is 0 Å². The van der Waals surface area contributed by atoms with Gasteiger partial charge in [-0.3, -0.25) is 9.59 Å². The summed E-state index contributed by atoms with van der Waals surface area (Å²) in [4.78, 5) is 23.7. The number of carbonyl (C=O) groups is 2. The van der Waals surface area contributed by atoms with E-state index in [9.17, 15) is 9.59 Å². The zero-order valence-electron chi connectivity index (χ0n) is 9.82. The smallest absolute Gasteiger partial charge is 0.312 e. The largest absolute Gasteiger partial charge is 0.466 e. The van der Waals surface area contributed by atoms with Crippen molar-refractivity contribution >= 4 is 11.9 Å². The van der Waals surface area contributed by atoms with E-state index in [0.717, 1.165) is 19.3 Å². The summed E-state index contributed by atoms with van der Waals surface area (Å²) >= 11 is 0. The highest BCUT2D eigenvalue weighted by Crippen LogP contribution is 2.63. The molecular weight excluding hydrogens is 208 g/mol. The first kappa shape index (κ1) is 11.4. The van der Waals surface area contributed by atoms with Gasteiger partial charge < -0.3 is 9.47 Å². The van der Waals surface area contributed by atoms with Crippen LogP contribution in [0.3, 0.4) is 0 Å². The van der Waals surface area contributed by atoms with Crippen LogP contribution in [-0.2, 0) is 19.1 Å². The Kier molecular flexibility index (Phi) is 2.91. The Hall–Kier alpha value is -1.06. The van der Waals surface area contributed by atoms with Gasteiger partial charge in [0.1, 0.15) is 0 Å². The van der Waals surface area contributed by atoms with E-state index in [1.165, 1.54) is 0 Å². The van der Waals surface area contributed by atoms with E-state index in [2.05, 4.69) is 0 Å². The number of carbonyl (C=O) groups excluding carboxylic acids is 2. The van der Waals surface area contributed by atoms with Crippen LogP contribution < -0.4 is 0 Å². The fraction of sp³-hybridized carbons (Fsp3) is 0.833. The summed E-state index contributed by atoms with van der Waals surface area (Å²) in [5.41, 5.74) is -0.549. The van der Waals surface area contributed by atoms with Gasteiger partial charge in [-0.25, -0.2) is 0 Å². The Morgan fingerprint density at radius 2 is 1.81 bits per heavy atom. The van der Waals surface area contributed by atoms with E-state index in [-0.39, 0.29) is 17.9 Å². The first-order valence-corrected chi connectivity index (χ1v) is 5.98. The van der Waals surface area contributed by atoms with Crippen molar-refractivity contribution in [1.82, 2.24) is 0 Å². The minimum absolute atomic E-state index is 0.207. The molecule has 16 heavy (non-hydrogen) atoms. The van der Waals surface area contributed by atoms with Crippen molar-refractivity contribution in [2.24, 2.45) is 17.3 Å². The van der Waals surface area contributed by atoms with Crippen molar-refractivity contribution in [1.29, 1.82) is 0 Å². The quantitative estimate of drug-likeness (QED) is 0.682. The monoisotopic (exact) mass is 226 g/mol. The van der Waals surface area contributed by atoms with E-state index >= 15 is 0 Å². The van der Waals surface area contributed by atoms with Gasteiger partial charge in [0.05, 0.1) is 24.5 Å². The maximum Gasteiger partial charge on any atom is 0.312 e. The van der Waals surface area contributed by atoms with Gasteiger partial charge in [0.15, 0.2) is 0 Å². The van der Waals surface area contributed by atoms with Crippen LogP contribution in [0.25, 0.3) is 0 Å². The average molecular weight is 226 g/mol. The fourth-order valence-electron chi connectivity index (χ4n) is 3.13. The molecule has 0 heterocycles. The average Bonchev–Trinajstić information content (AvgIpc) is 2.72. The number of hydrogen-bond acceptors (Lipinski definition) is 4. The van der Waals surface area contributed by atoms with Gasteiger partial charge in [-0.1, -0.05) is 0 Å². The Morgan fingerprint density at radius 1 is 1.19 bits per heavy atom. The maximum absolute atomic E-state index is 11.9. The standard InChI is InChI=1S/C12H18O4/c1-3-15-10(13)9-5-8-6-12(9,7-8)11(14)16-4-2/h8-9H,3-7H2,1-2H3/t8?,9-,12?/m0/s1. The molecule has 3 rings (SSSR count). The molecule has 0 aromatic rings. The lowest BCUT2D eigenvalue weighted by atomic mass is 9.66. The van der Waals surface area contributed by atoms with Crippen LogP contribution in [-0.4, -0.2) is 25.2 Å². The van der Waals surface area contributed by atoms with E-state index in [1.807, 2.05) is 0 Å². The van der Waals surface area contributed by atoms with Crippen molar-refractivity contribution in [3.63, 3.8) is 0 Å². The maximum atomic E-state index is 11.9. The summed E-state index contributed by atoms with van der Waals surface area (Å²) in [6.07, 6.45) is 2.39. The van der Waals surface area contributed by atoms with Crippen molar-refractivity contribution in [2.45, 2.75) is 33.1 Å². The molecule has 4 heteroatoms. The summed E-state index contributed by atoms with van der Waals surface area (Å²) < 4.78 is 10.1. The second-order valence-electron chi connectivity index (χ2n) is 4.69. The fourth-order valence-corrected chi connectivity index (χ4v) is 3.13. The highest BCUT2D eigenvalue weighted by molar-refractivity contribution is 5.87. The summed E-state index contributed by atoms with van der Waals surface area (Å²) in [5, 5.41) is 0. The predicted octanol–water partition coefficient (Wildman–Crippen LogP) is 1.53. The van der Waals surface area contributed by atoms with Gasteiger partial charge in [0.2, 0.25) is 0 Å². The third kappa shape index (κ3) is 1.51. The first-order valence-electron chi connectivity index (χ1n) is 5.98. The molecule has 3 fully saturated rings. The van der Waals surface area contributed by atoms with Crippen LogP contribution in [0, 0.1) is 17.3 Å². The van der Waals surface area contributed by atoms with Crippen molar-refractivity contribution < 1.29 is 19.1 Å². The lowest BCUT2D eigenvalue weighted by molar-refractivity contribution is -0.170. The van der Waals surface area contributed by atoms with Gasteiger partial charge in [-0.15, -0.1) is 0 Å². The van der Waals surface area contributed by atoms with Crippen molar-refractivity contribution in [3.8, 4) is 0 Å². The van der Waals surface area contributed by atoms with Gasteiger partial charge in [-0.2, -0.15) is 0 Å². The number of esters is 2. The molecule has 0 amide bonds. The summed E-state index contributed by atoms with van der Waals surface area (Å²) in [5.74, 6) is -0.187. The Balaban J connectivity index is 2.09. The Labute approximate surface area is 95.3 Å². The predicted molar refractivity (Wildman–Crippen MR) is 56.5 cm³/mol. The van der Waals surface area contributed by atoms with E-state index < -0.39 is 5.41 Å². The molecule has 3 saturated carbocycles. The summed E-state index contributed by atoms with van der Waals surface area (Å²) in [6.45, 7) is 4.33.